The third-order valence-electron chi connectivity index (χ3n) is 3.48. The van der Waals surface area contributed by atoms with Crippen molar-refractivity contribution in [2.45, 2.75) is 47.1 Å². The quantitative estimate of drug-likeness (QED) is 0.860. The number of carbonyl (C=O) groups is 1. The zero-order chi connectivity index (χ0) is 13.9. The van der Waals surface area contributed by atoms with Gasteiger partial charge in [-0.05, 0) is 37.8 Å². The predicted octanol–water partition coefficient (Wildman–Crippen LogP) is 2.92. The Morgan fingerprint density at radius 2 is 1.78 bits per heavy atom. The minimum Gasteiger partial charge on any atom is -0.324 e. The molecule has 18 heavy (non-hydrogen) atoms. The molecule has 2 unspecified atom stereocenters. The number of nitrogens with one attached hydrogen (secondary N) is 1. The van der Waals surface area contributed by atoms with E-state index in [1.54, 1.807) is 0 Å². The van der Waals surface area contributed by atoms with E-state index in [1.165, 1.54) is 5.56 Å². The van der Waals surface area contributed by atoms with E-state index < -0.39 is 6.04 Å². The second kappa shape index (κ2) is 6.01. The number of benzene rings is 1. The average molecular weight is 248 g/mol. The van der Waals surface area contributed by atoms with Gasteiger partial charge in [0.2, 0.25) is 5.91 Å². The highest BCUT2D eigenvalue weighted by atomic mass is 16.2. The number of aryl methyl sites for hydroxylation is 3. The first-order valence-electron chi connectivity index (χ1n) is 6.51. The van der Waals surface area contributed by atoms with Gasteiger partial charge in [0, 0.05) is 5.69 Å². The fraction of sp³-hybridized carbons (Fsp3) is 0.533. The number of anilines is 1. The summed E-state index contributed by atoms with van der Waals surface area (Å²) in [4.78, 5) is 12.1. The molecule has 100 valence electrons. The SMILES string of the molecule is CCC(C)C(N)C(=O)Nc1c(C)cc(C)cc1C. The molecule has 0 radical (unpaired) electrons. The Kier molecular flexibility index (Phi) is 4.91. The summed E-state index contributed by atoms with van der Waals surface area (Å²) in [5, 5.41) is 2.96. The summed E-state index contributed by atoms with van der Waals surface area (Å²) in [7, 11) is 0. The van der Waals surface area contributed by atoms with Crippen molar-refractivity contribution in [3.8, 4) is 0 Å². The van der Waals surface area contributed by atoms with E-state index in [0.717, 1.165) is 23.2 Å². The topological polar surface area (TPSA) is 55.1 Å². The molecule has 0 saturated heterocycles. The van der Waals surface area contributed by atoms with Crippen LogP contribution in [0.15, 0.2) is 12.1 Å². The summed E-state index contributed by atoms with van der Waals surface area (Å²) >= 11 is 0. The summed E-state index contributed by atoms with van der Waals surface area (Å²) in [6, 6.07) is 3.68. The molecular formula is C15H24N2O. The first kappa shape index (κ1) is 14.7. The molecule has 0 aliphatic rings. The first-order valence-corrected chi connectivity index (χ1v) is 6.51. The molecule has 0 aliphatic heterocycles. The molecule has 3 nitrogen and oxygen atoms in total. The number of nitrogens with two attached hydrogens (primary N) is 1. The van der Waals surface area contributed by atoms with Gasteiger partial charge in [-0.25, -0.2) is 0 Å². The number of rotatable bonds is 4. The second-order valence-electron chi connectivity index (χ2n) is 5.17. The van der Waals surface area contributed by atoms with E-state index in [4.69, 9.17) is 5.73 Å². The van der Waals surface area contributed by atoms with Crippen molar-refractivity contribution in [1.82, 2.24) is 0 Å². The zero-order valence-corrected chi connectivity index (χ0v) is 12.0. The third kappa shape index (κ3) is 3.33. The van der Waals surface area contributed by atoms with Crippen molar-refractivity contribution >= 4 is 11.6 Å². The minimum absolute atomic E-state index is 0.0978. The number of hydrogen-bond acceptors (Lipinski definition) is 2. The monoisotopic (exact) mass is 248 g/mol. The van der Waals surface area contributed by atoms with E-state index in [1.807, 2.05) is 27.7 Å². The molecule has 0 aliphatic carbocycles. The highest BCUT2D eigenvalue weighted by Crippen LogP contribution is 2.22. The van der Waals surface area contributed by atoms with Gasteiger partial charge in [-0.15, -0.1) is 0 Å². The van der Waals surface area contributed by atoms with Crippen LogP contribution in [0.1, 0.15) is 37.0 Å². The van der Waals surface area contributed by atoms with Crippen molar-refractivity contribution in [2.75, 3.05) is 5.32 Å². The smallest absolute Gasteiger partial charge is 0.241 e. The van der Waals surface area contributed by atoms with Crippen molar-refractivity contribution < 1.29 is 4.79 Å². The molecule has 0 bridgehead atoms. The second-order valence-corrected chi connectivity index (χ2v) is 5.17. The highest BCUT2D eigenvalue weighted by Gasteiger charge is 2.20. The lowest BCUT2D eigenvalue weighted by Crippen LogP contribution is -2.40. The molecule has 0 spiro atoms. The maximum atomic E-state index is 12.1. The molecule has 0 fully saturated rings. The number of carbonyl (C=O) groups excluding carboxylic acids is 1. The van der Waals surface area contributed by atoms with Gasteiger partial charge >= 0.3 is 0 Å². The predicted molar refractivity (Wildman–Crippen MR) is 76.7 cm³/mol. The van der Waals surface area contributed by atoms with Gasteiger partial charge in [-0.1, -0.05) is 38.0 Å². The maximum Gasteiger partial charge on any atom is 0.241 e. The fourth-order valence-corrected chi connectivity index (χ4v) is 2.10. The van der Waals surface area contributed by atoms with E-state index >= 15 is 0 Å². The molecule has 1 amide bonds. The molecular weight excluding hydrogens is 224 g/mol. The van der Waals surface area contributed by atoms with Crippen LogP contribution in [-0.2, 0) is 4.79 Å². The molecule has 1 aromatic rings. The van der Waals surface area contributed by atoms with Gasteiger partial charge in [-0.3, -0.25) is 4.79 Å². The normalized spacial score (nSPS) is 14.1. The van der Waals surface area contributed by atoms with Gasteiger partial charge in [0.05, 0.1) is 6.04 Å². The molecule has 0 aromatic heterocycles. The van der Waals surface area contributed by atoms with Gasteiger partial charge in [0.15, 0.2) is 0 Å². The zero-order valence-electron chi connectivity index (χ0n) is 12.0. The maximum absolute atomic E-state index is 12.1. The average Bonchev–Trinajstić information content (AvgIpc) is 2.31. The van der Waals surface area contributed by atoms with Gasteiger partial charge in [-0.2, -0.15) is 0 Å². The molecule has 0 heterocycles. The van der Waals surface area contributed by atoms with Crippen molar-refractivity contribution in [2.24, 2.45) is 11.7 Å². The van der Waals surface area contributed by atoms with E-state index in [-0.39, 0.29) is 11.8 Å². The van der Waals surface area contributed by atoms with Crippen LogP contribution in [0.2, 0.25) is 0 Å². The summed E-state index contributed by atoms with van der Waals surface area (Å²) in [6.07, 6.45) is 0.903. The third-order valence-corrected chi connectivity index (χ3v) is 3.48. The Labute approximate surface area is 110 Å². The largest absolute Gasteiger partial charge is 0.324 e. The molecule has 0 saturated carbocycles. The highest BCUT2D eigenvalue weighted by molar-refractivity contribution is 5.96. The summed E-state index contributed by atoms with van der Waals surface area (Å²) in [5.74, 6) is 0.0930. The van der Waals surface area contributed by atoms with Gasteiger partial charge in [0.25, 0.3) is 0 Å². The van der Waals surface area contributed by atoms with Crippen LogP contribution in [0.3, 0.4) is 0 Å². The molecule has 1 aromatic carbocycles. The lowest BCUT2D eigenvalue weighted by Gasteiger charge is -2.20. The van der Waals surface area contributed by atoms with Crippen molar-refractivity contribution in [3.05, 3.63) is 28.8 Å². The van der Waals surface area contributed by atoms with Crippen molar-refractivity contribution in [3.63, 3.8) is 0 Å². The molecule has 2 atom stereocenters. The summed E-state index contributed by atoms with van der Waals surface area (Å²) in [5.41, 5.74) is 10.2. The van der Waals surface area contributed by atoms with Gasteiger partial charge in [0.1, 0.15) is 0 Å². The Balaban J connectivity index is 2.89. The lowest BCUT2D eigenvalue weighted by molar-refractivity contribution is -0.118. The Morgan fingerprint density at radius 1 is 1.28 bits per heavy atom. The van der Waals surface area contributed by atoms with E-state index in [0.29, 0.717) is 0 Å². The van der Waals surface area contributed by atoms with Crippen LogP contribution < -0.4 is 11.1 Å². The number of hydrogen-bond donors (Lipinski definition) is 2. The summed E-state index contributed by atoms with van der Waals surface area (Å²) < 4.78 is 0. The number of amides is 1. The van der Waals surface area contributed by atoms with Gasteiger partial charge < -0.3 is 11.1 Å². The molecule has 3 N–H and O–H groups in total. The summed E-state index contributed by atoms with van der Waals surface area (Å²) in [6.45, 7) is 10.1. The van der Waals surface area contributed by atoms with Crippen LogP contribution in [0, 0.1) is 26.7 Å². The van der Waals surface area contributed by atoms with Crippen LogP contribution in [0.25, 0.3) is 0 Å². The Morgan fingerprint density at radius 3 is 2.22 bits per heavy atom. The molecule has 3 heteroatoms. The first-order chi connectivity index (χ1) is 8.36. The van der Waals surface area contributed by atoms with E-state index in [9.17, 15) is 4.79 Å². The molecule has 1 rings (SSSR count). The lowest BCUT2D eigenvalue weighted by atomic mass is 9.98. The van der Waals surface area contributed by atoms with Crippen molar-refractivity contribution in [1.29, 1.82) is 0 Å². The van der Waals surface area contributed by atoms with Crippen LogP contribution in [0.4, 0.5) is 5.69 Å². The van der Waals surface area contributed by atoms with Crippen LogP contribution in [0.5, 0.6) is 0 Å². The van der Waals surface area contributed by atoms with Crippen LogP contribution >= 0.6 is 0 Å². The Bertz CT molecular complexity index is 417. The van der Waals surface area contributed by atoms with Crippen LogP contribution in [-0.4, -0.2) is 11.9 Å². The fourth-order valence-electron chi connectivity index (χ4n) is 2.10. The standard InChI is InChI=1S/C15H24N2O/c1-6-10(3)13(16)15(18)17-14-11(4)7-9(2)8-12(14)5/h7-8,10,13H,6,16H2,1-5H3,(H,17,18). The Hall–Kier alpha value is -1.35. The van der Waals surface area contributed by atoms with E-state index in [2.05, 4.69) is 24.4 Å². The minimum atomic E-state index is -0.449.